The normalized spacial score (nSPS) is 20.7. The van der Waals surface area contributed by atoms with Crippen molar-refractivity contribution in [1.82, 2.24) is 9.88 Å². The number of rotatable bonds is 5. The molecule has 3 heterocycles. The van der Waals surface area contributed by atoms with Crippen LogP contribution in [0.15, 0.2) is 48.7 Å². The van der Waals surface area contributed by atoms with E-state index < -0.39 is 0 Å². The second-order valence-electron chi connectivity index (χ2n) is 8.41. The van der Waals surface area contributed by atoms with E-state index in [0.717, 1.165) is 57.6 Å². The predicted molar refractivity (Wildman–Crippen MR) is 115 cm³/mol. The van der Waals surface area contributed by atoms with Crippen LogP contribution in [-0.2, 0) is 6.42 Å². The molecular formula is C24H31N3O2. The van der Waals surface area contributed by atoms with Gasteiger partial charge in [0, 0.05) is 32.4 Å². The molecule has 1 aromatic carbocycles. The van der Waals surface area contributed by atoms with Crippen LogP contribution in [0, 0.1) is 5.92 Å². The van der Waals surface area contributed by atoms with E-state index in [1.807, 2.05) is 17.0 Å². The van der Waals surface area contributed by atoms with Crippen LogP contribution in [0.3, 0.4) is 0 Å². The molecule has 4 rings (SSSR count). The molecule has 1 atom stereocenters. The number of β-amino-alcohol motifs (C(OH)–C–C–N with tert-alkyl or cyclic N) is 1. The molecule has 0 unspecified atom stereocenters. The van der Waals surface area contributed by atoms with Gasteiger partial charge in [-0.1, -0.05) is 30.3 Å². The lowest BCUT2D eigenvalue weighted by atomic mass is 9.90. The van der Waals surface area contributed by atoms with Crippen LogP contribution >= 0.6 is 0 Å². The molecule has 5 nitrogen and oxygen atoms in total. The quantitative estimate of drug-likeness (QED) is 0.844. The molecular weight excluding hydrogens is 362 g/mol. The summed E-state index contributed by atoms with van der Waals surface area (Å²) in [6, 6.07) is 14.4. The van der Waals surface area contributed by atoms with Gasteiger partial charge in [0.2, 0.25) is 0 Å². The van der Waals surface area contributed by atoms with Crippen molar-refractivity contribution in [3.63, 3.8) is 0 Å². The third kappa shape index (κ3) is 5.15. The number of piperidine rings is 2. The third-order valence-electron chi connectivity index (χ3n) is 6.30. The molecule has 1 aromatic heterocycles. The number of amides is 1. The van der Waals surface area contributed by atoms with Crippen molar-refractivity contribution in [3.05, 3.63) is 59.8 Å². The van der Waals surface area contributed by atoms with Crippen molar-refractivity contribution in [2.75, 3.05) is 31.1 Å². The average molecular weight is 394 g/mol. The lowest BCUT2D eigenvalue weighted by Gasteiger charge is -2.32. The van der Waals surface area contributed by atoms with E-state index in [0.29, 0.717) is 18.0 Å². The van der Waals surface area contributed by atoms with E-state index in [4.69, 9.17) is 0 Å². The number of hydrogen-bond acceptors (Lipinski definition) is 4. The number of carbonyl (C=O) groups excluding carboxylic acids is 1. The summed E-state index contributed by atoms with van der Waals surface area (Å²) < 4.78 is 0. The van der Waals surface area contributed by atoms with Crippen LogP contribution in [0.4, 0.5) is 5.82 Å². The fourth-order valence-electron chi connectivity index (χ4n) is 4.49. The SMILES string of the molecule is O=C(c1ccc(N2CCC[C@H](O)C2)nc1)N1CCC(CCc2ccccc2)CC1. The summed E-state index contributed by atoms with van der Waals surface area (Å²) in [5, 5.41) is 9.85. The molecule has 1 N–H and O–H groups in total. The summed E-state index contributed by atoms with van der Waals surface area (Å²) in [4.78, 5) is 21.4. The first kappa shape index (κ1) is 19.9. The third-order valence-corrected chi connectivity index (χ3v) is 6.30. The first-order valence-electron chi connectivity index (χ1n) is 10.9. The van der Waals surface area contributed by atoms with Gasteiger partial charge in [0.05, 0.1) is 11.7 Å². The summed E-state index contributed by atoms with van der Waals surface area (Å²) >= 11 is 0. The Balaban J connectivity index is 1.27. The molecule has 0 bridgehead atoms. The molecule has 5 heteroatoms. The number of aliphatic hydroxyl groups excluding tert-OH is 1. The zero-order valence-corrected chi connectivity index (χ0v) is 17.0. The molecule has 2 aliphatic rings. The fraction of sp³-hybridized carbons (Fsp3) is 0.500. The topological polar surface area (TPSA) is 56.7 Å². The van der Waals surface area contributed by atoms with Gasteiger partial charge in [-0.3, -0.25) is 4.79 Å². The number of aryl methyl sites for hydroxylation is 1. The Kier molecular flexibility index (Phi) is 6.45. The highest BCUT2D eigenvalue weighted by Gasteiger charge is 2.24. The zero-order valence-electron chi connectivity index (χ0n) is 17.0. The number of pyridine rings is 1. The van der Waals surface area contributed by atoms with E-state index in [2.05, 4.69) is 40.2 Å². The lowest BCUT2D eigenvalue weighted by molar-refractivity contribution is 0.0686. The number of nitrogens with zero attached hydrogens (tertiary/aromatic N) is 3. The van der Waals surface area contributed by atoms with Gasteiger partial charge < -0.3 is 14.9 Å². The van der Waals surface area contributed by atoms with E-state index in [-0.39, 0.29) is 12.0 Å². The summed E-state index contributed by atoms with van der Waals surface area (Å²) in [6.07, 6.45) is 7.72. The van der Waals surface area contributed by atoms with E-state index in [1.54, 1.807) is 6.20 Å². The number of carbonyl (C=O) groups is 1. The molecule has 154 valence electrons. The average Bonchev–Trinajstić information content (AvgIpc) is 2.78. The van der Waals surface area contributed by atoms with Crippen LogP contribution in [0.25, 0.3) is 0 Å². The number of aliphatic hydroxyl groups is 1. The molecule has 0 aliphatic carbocycles. The minimum Gasteiger partial charge on any atom is -0.391 e. The lowest BCUT2D eigenvalue weighted by Crippen LogP contribution is -2.39. The standard InChI is InChI=1S/C24H31N3O2/c28-22-7-4-14-27(18-22)23-11-10-21(17-25-23)24(29)26-15-12-20(13-16-26)9-8-19-5-2-1-3-6-19/h1-3,5-6,10-11,17,20,22,28H,4,7-9,12-16,18H2/t22-/m0/s1. The van der Waals surface area contributed by atoms with Crippen LogP contribution in [0.2, 0.25) is 0 Å². The number of hydrogen-bond donors (Lipinski definition) is 1. The summed E-state index contributed by atoms with van der Waals surface area (Å²) in [5.41, 5.74) is 2.06. The second-order valence-corrected chi connectivity index (χ2v) is 8.41. The minimum absolute atomic E-state index is 0.0873. The minimum atomic E-state index is -0.282. The van der Waals surface area contributed by atoms with E-state index in [9.17, 15) is 9.90 Å². The Morgan fingerprint density at radius 2 is 1.83 bits per heavy atom. The van der Waals surface area contributed by atoms with E-state index >= 15 is 0 Å². The smallest absolute Gasteiger partial charge is 0.255 e. The van der Waals surface area contributed by atoms with Crippen molar-refractivity contribution in [1.29, 1.82) is 0 Å². The Hall–Kier alpha value is -2.40. The maximum absolute atomic E-state index is 12.9. The van der Waals surface area contributed by atoms with Gasteiger partial charge in [-0.05, 0) is 62.1 Å². The largest absolute Gasteiger partial charge is 0.391 e. The number of anilines is 1. The number of benzene rings is 1. The molecule has 2 aromatic rings. The van der Waals surface area contributed by atoms with Crippen molar-refractivity contribution in [3.8, 4) is 0 Å². The molecule has 2 saturated heterocycles. The van der Waals surface area contributed by atoms with Crippen LogP contribution in [-0.4, -0.2) is 53.2 Å². The first-order valence-corrected chi connectivity index (χ1v) is 10.9. The highest BCUT2D eigenvalue weighted by molar-refractivity contribution is 5.94. The van der Waals surface area contributed by atoms with E-state index in [1.165, 1.54) is 12.0 Å². The predicted octanol–water partition coefficient (Wildman–Crippen LogP) is 3.53. The highest BCUT2D eigenvalue weighted by atomic mass is 16.3. The van der Waals surface area contributed by atoms with Gasteiger partial charge in [-0.15, -0.1) is 0 Å². The molecule has 2 aliphatic heterocycles. The number of likely N-dealkylation sites (tertiary alicyclic amines) is 1. The monoisotopic (exact) mass is 393 g/mol. The molecule has 0 saturated carbocycles. The summed E-state index contributed by atoms with van der Waals surface area (Å²) in [6.45, 7) is 3.20. The summed E-state index contributed by atoms with van der Waals surface area (Å²) in [5.74, 6) is 1.63. The van der Waals surface area contributed by atoms with Gasteiger partial charge in [0.1, 0.15) is 5.82 Å². The van der Waals surface area contributed by atoms with Gasteiger partial charge >= 0.3 is 0 Å². The van der Waals surface area contributed by atoms with Crippen molar-refractivity contribution in [2.24, 2.45) is 5.92 Å². The van der Waals surface area contributed by atoms with Gasteiger partial charge in [-0.2, -0.15) is 0 Å². The highest BCUT2D eigenvalue weighted by Crippen LogP contribution is 2.24. The van der Waals surface area contributed by atoms with Crippen molar-refractivity contribution in [2.45, 2.75) is 44.6 Å². The van der Waals surface area contributed by atoms with Crippen LogP contribution in [0.1, 0.15) is 48.0 Å². The Morgan fingerprint density at radius 1 is 1.03 bits per heavy atom. The molecule has 1 amide bonds. The Labute approximate surface area is 173 Å². The first-order chi connectivity index (χ1) is 14.2. The van der Waals surface area contributed by atoms with Crippen LogP contribution < -0.4 is 4.90 Å². The zero-order chi connectivity index (χ0) is 20.1. The molecule has 2 fully saturated rings. The van der Waals surface area contributed by atoms with Gasteiger partial charge in [0.25, 0.3) is 5.91 Å². The van der Waals surface area contributed by atoms with Crippen molar-refractivity contribution < 1.29 is 9.90 Å². The molecule has 0 radical (unpaired) electrons. The maximum Gasteiger partial charge on any atom is 0.255 e. The van der Waals surface area contributed by atoms with Gasteiger partial charge in [0.15, 0.2) is 0 Å². The molecule has 0 spiro atoms. The van der Waals surface area contributed by atoms with Crippen molar-refractivity contribution >= 4 is 11.7 Å². The summed E-state index contributed by atoms with van der Waals surface area (Å²) in [7, 11) is 0. The Bertz CT molecular complexity index is 786. The molecule has 29 heavy (non-hydrogen) atoms. The number of aromatic nitrogens is 1. The second kappa shape index (κ2) is 9.40. The van der Waals surface area contributed by atoms with Gasteiger partial charge in [-0.25, -0.2) is 4.98 Å². The maximum atomic E-state index is 12.9. The van der Waals surface area contributed by atoms with Crippen LogP contribution in [0.5, 0.6) is 0 Å². The fourth-order valence-corrected chi connectivity index (χ4v) is 4.49. The Morgan fingerprint density at radius 3 is 2.52 bits per heavy atom.